The van der Waals surface area contributed by atoms with Gasteiger partial charge in [0, 0.05) is 31.7 Å². The lowest BCUT2D eigenvalue weighted by Gasteiger charge is -2.42. The first-order chi connectivity index (χ1) is 5.90. The number of hydrogen-bond donors (Lipinski definition) is 1. The van der Waals surface area contributed by atoms with Crippen molar-refractivity contribution >= 4 is 0 Å². The molecule has 2 aliphatic rings. The van der Waals surface area contributed by atoms with Crippen LogP contribution in [0.25, 0.3) is 0 Å². The highest BCUT2D eigenvalue weighted by molar-refractivity contribution is 4.86. The summed E-state index contributed by atoms with van der Waals surface area (Å²) in [5, 5.41) is 3.56. The average Bonchev–Trinajstić information content (AvgIpc) is 2.02. The Labute approximate surface area is 75.3 Å². The van der Waals surface area contributed by atoms with Crippen LogP contribution in [0.2, 0.25) is 0 Å². The third-order valence-corrected chi connectivity index (χ3v) is 3.37. The van der Waals surface area contributed by atoms with Crippen molar-refractivity contribution in [2.24, 2.45) is 0 Å². The smallest absolute Gasteiger partial charge is 0.0193 e. The Balaban J connectivity index is 1.81. The van der Waals surface area contributed by atoms with Gasteiger partial charge in [-0.05, 0) is 19.3 Å². The van der Waals surface area contributed by atoms with Crippen LogP contribution in [-0.4, -0.2) is 36.6 Å². The third kappa shape index (κ3) is 1.64. The van der Waals surface area contributed by atoms with Crippen LogP contribution in [0.1, 0.15) is 32.6 Å². The van der Waals surface area contributed by atoms with Gasteiger partial charge < -0.3 is 5.32 Å². The standard InChI is InChI=1S/C10H20N2/c1-2-9-8-12(7-6-11-9)10-4-3-5-10/h9-11H,2-8H2,1H3/t9-/m1/s1. The minimum Gasteiger partial charge on any atom is -0.311 e. The van der Waals surface area contributed by atoms with Crippen LogP contribution in [0, 0.1) is 0 Å². The van der Waals surface area contributed by atoms with E-state index < -0.39 is 0 Å². The highest BCUT2D eigenvalue weighted by Gasteiger charge is 2.28. The van der Waals surface area contributed by atoms with E-state index in [0.29, 0.717) is 0 Å². The molecule has 12 heavy (non-hydrogen) atoms. The van der Waals surface area contributed by atoms with E-state index >= 15 is 0 Å². The molecule has 0 amide bonds. The van der Waals surface area contributed by atoms with Crippen LogP contribution in [0.3, 0.4) is 0 Å². The molecular formula is C10H20N2. The fourth-order valence-corrected chi connectivity index (χ4v) is 2.21. The normalized spacial score (nSPS) is 33.2. The minimum absolute atomic E-state index is 0.763. The summed E-state index contributed by atoms with van der Waals surface area (Å²) >= 11 is 0. The zero-order chi connectivity index (χ0) is 8.39. The van der Waals surface area contributed by atoms with Gasteiger partial charge in [-0.25, -0.2) is 0 Å². The molecule has 0 radical (unpaired) electrons. The summed E-state index contributed by atoms with van der Waals surface area (Å²) in [6.45, 7) is 6.05. The molecule has 0 aromatic heterocycles. The Hall–Kier alpha value is -0.0800. The average molecular weight is 168 g/mol. The summed E-state index contributed by atoms with van der Waals surface area (Å²) in [6.07, 6.45) is 5.65. The second-order valence-electron chi connectivity index (χ2n) is 4.14. The van der Waals surface area contributed by atoms with Gasteiger partial charge in [0.2, 0.25) is 0 Å². The Kier molecular flexibility index (Phi) is 2.66. The van der Waals surface area contributed by atoms with Crippen LogP contribution < -0.4 is 5.32 Å². The fraction of sp³-hybridized carbons (Fsp3) is 1.00. The van der Waals surface area contributed by atoms with Crippen molar-refractivity contribution in [3.8, 4) is 0 Å². The van der Waals surface area contributed by atoms with Gasteiger partial charge in [-0.15, -0.1) is 0 Å². The number of nitrogens with one attached hydrogen (secondary N) is 1. The van der Waals surface area contributed by atoms with E-state index in [0.717, 1.165) is 12.1 Å². The highest BCUT2D eigenvalue weighted by atomic mass is 15.2. The molecule has 1 atom stereocenters. The van der Waals surface area contributed by atoms with E-state index in [1.165, 1.54) is 45.3 Å². The third-order valence-electron chi connectivity index (χ3n) is 3.37. The van der Waals surface area contributed by atoms with Crippen LogP contribution in [0.4, 0.5) is 0 Å². The molecule has 2 nitrogen and oxygen atoms in total. The highest BCUT2D eigenvalue weighted by Crippen LogP contribution is 2.25. The number of nitrogens with zero attached hydrogens (tertiary/aromatic N) is 1. The van der Waals surface area contributed by atoms with Crippen molar-refractivity contribution in [1.29, 1.82) is 0 Å². The van der Waals surface area contributed by atoms with Crippen LogP contribution in [-0.2, 0) is 0 Å². The van der Waals surface area contributed by atoms with Crippen LogP contribution >= 0.6 is 0 Å². The molecule has 0 aromatic rings. The summed E-state index contributed by atoms with van der Waals surface area (Å²) < 4.78 is 0. The first-order valence-electron chi connectivity index (χ1n) is 5.37. The number of rotatable bonds is 2. The molecule has 1 saturated heterocycles. The van der Waals surface area contributed by atoms with Gasteiger partial charge in [0.05, 0.1) is 0 Å². The van der Waals surface area contributed by atoms with Crippen molar-refractivity contribution in [3.63, 3.8) is 0 Å². The number of hydrogen-bond acceptors (Lipinski definition) is 2. The van der Waals surface area contributed by atoms with Crippen molar-refractivity contribution in [3.05, 3.63) is 0 Å². The van der Waals surface area contributed by atoms with Crippen molar-refractivity contribution in [2.75, 3.05) is 19.6 Å². The lowest BCUT2D eigenvalue weighted by molar-refractivity contribution is 0.0911. The van der Waals surface area contributed by atoms with E-state index in [1.807, 2.05) is 0 Å². The minimum atomic E-state index is 0.763. The molecule has 1 N–H and O–H groups in total. The molecule has 1 saturated carbocycles. The predicted molar refractivity (Wildman–Crippen MR) is 51.3 cm³/mol. The lowest BCUT2D eigenvalue weighted by Crippen LogP contribution is -2.55. The lowest BCUT2D eigenvalue weighted by atomic mass is 9.90. The van der Waals surface area contributed by atoms with Gasteiger partial charge in [-0.2, -0.15) is 0 Å². The number of piperazine rings is 1. The van der Waals surface area contributed by atoms with Gasteiger partial charge >= 0.3 is 0 Å². The largest absolute Gasteiger partial charge is 0.311 e. The molecule has 0 bridgehead atoms. The second-order valence-corrected chi connectivity index (χ2v) is 4.14. The van der Waals surface area contributed by atoms with Gasteiger partial charge in [-0.1, -0.05) is 13.3 Å². The zero-order valence-electron chi connectivity index (χ0n) is 8.05. The van der Waals surface area contributed by atoms with E-state index in [2.05, 4.69) is 17.1 Å². The molecule has 2 fully saturated rings. The topological polar surface area (TPSA) is 15.3 Å². The van der Waals surface area contributed by atoms with Crippen molar-refractivity contribution in [1.82, 2.24) is 10.2 Å². The van der Waals surface area contributed by atoms with Gasteiger partial charge in [0.15, 0.2) is 0 Å². The van der Waals surface area contributed by atoms with E-state index in [-0.39, 0.29) is 0 Å². The maximum Gasteiger partial charge on any atom is 0.0193 e. The zero-order valence-corrected chi connectivity index (χ0v) is 8.05. The van der Waals surface area contributed by atoms with Gasteiger partial charge in [0.1, 0.15) is 0 Å². The van der Waals surface area contributed by atoms with Crippen LogP contribution in [0.5, 0.6) is 0 Å². The Morgan fingerprint density at radius 3 is 2.83 bits per heavy atom. The summed E-state index contributed by atoms with van der Waals surface area (Å²) in [5.41, 5.74) is 0. The molecule has 1 heterocycles. The predicted octanol–water partition coefficient (Wildman–Crippen LogP) is 1.22. The van der Waals surface area contributed by atoms with Gasteiger partial charge in [-0.3, -0.25) is 4.90 Å². The molecule has 70 valence electrons. The molecule has 0 spiro atoms. The molecule has 2 heteroatoms. The maximum atomic E-state index is 3.56. The summed E-state index contributed by atoms with van der Waals surface area (Å²) in [6, 6.07) is 1.71. The Morgan fingerprint density at radius 2 is 2.25 bits per heavy atom. The van der Waals surface area contributed by atoms with E-state index in [4.69, 9.17) is 0 Å². The monoisotopic (exact) mass is 168 g/mol. The molecule has 0 aromatic carbocycles. The molecular weight excluding hydrogens is 148 g/mol. The Morgan fingerprint density at radius 1 is 1.42 bits per heavy atom. The SMILES string of the molecule is CC[C@@H]1CN(C2CCC2)CCN1. The van der Waals surface area contributed by atoms with Crippen molar-refractivity contribution in [2.45, 2.75) is 44.7 Å². The summed E-state index contributed by atoms with van der Waals surface area (Å²) in [4.78, 5) is 2.69. The quantitative estimate of drug-likeness (QED) is 0.667. The first kappa shape index (κ1) is 8.52. The van der Waals surface area contributed by atoms with E-state index in [1.54, 1.807) is 0 Å². The Bertz CT molecular complexity index is 143. The first-order valence-corrected chi connectivity index (χ1v) is 5.37. The van der Waals surface area contributed by atoms with Crippen LogP contribution in [0.15, 0.2) is 0 Å². The fourth-order valence-electron chi connectivity index (χ4n) is 2.21. The molecule has 2 rings (SSSR count). The second kappa shape index (κ2) is 3.75. The molecule has 1 aliphatic heterocycles. The van der Waals surface area contributed by atoms with Crippen molar-refractivity contribution < 1.29 is 0 Å². The maximum absolute atomic E-state index is 3.56. The summed E-state index contributed by atoms with van der Waals surface area (Å²) in [7, 11) is 0. The van der Waals surface area contributed by atoms with Gasteiger partial charge in [0.25, 0.3) is 0 Å². The summed E-state index contributed by atoms with van der Waals surface area (Å²) in [5.74, 6) is 0. The molecule has 1 aliphatic carbocycles. The van der Waals surface area contributed by atoms with E-state index in [9.17, 15) is 0 Å². The molecule has 0 unspecified atom stereocenters.